The molecule has 0 aromatic heterocycles. The van der Waals surface area contributed by atoms with Gasteiger partial charge in [0.05, 0.1) is 19.4 Å². The highest BCUT2D eigenvalue weighted by Crippen LogP contribution is 2.29. The van der Waals surface area contributed by atoms with E-state index in [9.17, 15) is 9.59 Å². The third kappa shape index (κ3) is 4.99. The van der Waals surface area contributed by atoms with Crippen molar-refractivity contribution in [1.82, 2.24) is 19.7 Å². The molecule has 0 spiro atoms. The fourth-order valence-corrected chi connectivity index (χ4v) is 4.13. The molecule has 2 saturated heterocycles. The second-order valence-electron chi connectivity index (χ2n) is 8.24. The number of unbranched alkanes of at least 4 members (excludes halogenated alkanes) is 1. The van der Waals surface area contributed by atoms with Crippen LogP contribution in [-0.2, 0) is 4.79 Å². The van der Waals surface area contributed by atoms with Crippen molar-refractivity contribution in [3.8, 4) is 11.5 Å². The lowest BCUT2D eigenvalue weighted by Gasteiger charge is -2.32. The second kappa shape index (κ2) is 9.65. The maximum atomic E-state index is 12.8. The Kier molecular flexibility index (Phi) is 6.72. The first kappa shape index (κ1) is 21.6. The average Bonchev–Trinajstić information content (AvgIpc) is 3.05. The van der Waals surface area contributed by atoms with Crippen molar-refractivity contribution < 1.29 is 19.1 Å². The molecule has 3 aliphatic rings. The standard InChI is InChI=1S/C22H31N5O4/c1-24-10-12-25(13-11-24)8-3-4-9-26-21(28)16-27(22(26)29)23-19-7-14-31-20-6-5-17(30-2)15-18(19)20/h5-6,15H,3-4,7-14,16H2,1-2H3/b23-19+. The van der Waals surface area contributed by atoms with Gasteiger partial charge in [0, 0.05) is 44.7 Å². The molecule has 1 aromatic carbocycles. The topological polar surface area (TPSA) is 77.9 Å². The number of hydrazone groups is 1. The zero-order chi connectivity index (χ0) is 21.8. The Bertz CT molecular complexity index is 850. The van der Waals surface area contributed by atoms with Crippen molar-refractivity contribution in [2.75, 3.05) is 66.6 Å². The highest BCUT2D eigenvalue weighted by Gasteiger charge is 2.36. The first-order valence-electron chi connectivity index (χ1n) is 11.0. The minimum absolute atomic E-state index is 0.0129. The number of likely N-dealkylation sites (N-methyl/N-ethyl adjacent to an activating group) is 1. The van der Waals surface area contributed by atoms with Crippen LogP contribution in [-0.4, -0.2) is 104 Å². The van der Waals surface area contributed by atoms with E-state index in [1.54, 1.807) is 7.11 Å². The van der Waals surface area contributed by atoms with E-state index in [0.29, 0.717) is 31.1 Å². The van der Waals surface area contributed by atoms with Crippen LogP contribution in [0.25, 0.3) is 0 Å². The SMILES string of the molecule is COc1ccc2c(c1)/C(=N/N1CC(=O)N(CCCCN3CCN(C)CC3)C1=O)CCO2. The van der Waals surface area contributed by atoms with Crippen LogP contribution in [0.4, 0.5) is 4.79 Å². The molecular weight excluding hydrogens is 398 g/mol. The zero-order valence-electron chi connectivity index (χ0n) is 18.4. The van der Waals surface area contributed by atoms with E-state index in [1.807, 2.05) is 18.2 Å². The Morgan fingerprint density at radius 2 is 1.87 bits per heavy atom. The summed E-state index contributed by atoms with van der Waals surface area (Å²) in [4.78, 5) is 31.4. The highest BCUT2D eigenvalue weighted by atomic mass is 16.5. The minimum atomic E-state index is -0.340. The van der Waals surface area contributed by atoms with Gasteiger partial charge in [0.2, 0.25) is 0 Å². The molecule has 168 valence electrons. The molecule has 4 rings (SSSR count). The Hall–Kier alpha value is -2.65. The van der Waals surface area contributed by atoms with Gasteiger partial charge in [-0.2, -0.15) is 5.10 Å². The first-order chi connectivity index (χ1) is 15.0. The summed E-state index contributed by atoms with van der Waals surface area (Å²) in [5, 5.41) is 5.82. The van der Waals surface area contributed by atoms with Crippen LogP contribution in [0.15, 0.2) is 23.3 Å². The van der Waals surface area contributed by atoms with Gasteiger partial charge < -0.3 is 19.3 Å². The number of urea groups is 1. The van der Waals surface area contributed by atoms with Crippen LogP contribution in [0.2, 0.25) is 0 Å². The average molecular weight is 430 g/mol. The summed E-state index contributed by atoms with van der Waals surface area (Å²) >= 11 is 0. The Morgan fingerprint density at radius 1 is 1.10 bits per heavy atom. The lowest BCUT2D eigenvalue weighted by atomic mass is 10.0. The zero-order valence-corrected chi connectivity index (χ0v) is 18.4. The van der Waals surface area contributed by atoms with E-state index in [0.717, 1.165) is 56.8 Å². The predicted octanol–water partition coefficient (Wildman–Crippen LogP) is 1.47. The van der Waals surface area contributed by atoms with Gasteiger partial charge >= 0.3 is 6.03 Å². The molecule has 0 radical (unpaired) electrons. The number of piperazine rings is 1. The monoisotopic (exact) mass is 429 g/mol. The van der Waals surface area contributed by atoms with Crippen LogP contribution in [0.3, 0.4) is 0 Å². The fourth-order valence-electron chi connectivity index (χ4n) is 4.13. The molecule has 2 fully saturated rings. The molecule has 31 heavy (non-hydrogen) atoms. The van der Waals surface area contributed by atoms with Gasteiger partial charge in [0.15, 0.2) is 0 Å². The largest absolute Gasteiger partial charge is 0.497 e. The van der Waals surface area contributed by atoms with Crippen molar-refractivity contribution >= 4 is 17.6 Å². The Morgan fingerprint density at radius 3 is 2.65 bits per heavy atom. The summed E-state index contributed by atoms with van der Waals surface area (Å²) in [5.41, 5.74) is 1.54. The molecule has 9 heteroatoms. The number of carbonyl (C=O) groups excluding carboxylic acids is 2. The lowest BCUT2D eigenvalue weighted by molar-refractivity contribution is -0.125. The fraction of sp³-hybridized carbons (Fsp3) is 0.591. The maximum Gasteiger partial charge on any atom is 0.347 e. The number of rotatable bonds is 7. The van der Waals surface area contributed by atoms with Gasteiger partial charge in [0.1, 0.15) is 18.0 Å². The molecule has 0 atom stereocenters. The molecule has 3 amide bonds. The van der Waals surface area contributed by atoms with Gasteiger partial charge in [0.25, 0.3) is 5.91 Å². The number of carbonyl (C=O) groups is 2. The maximum absolute atomic E-state index is 12.8. The number of methoxy groups -OCH3 is 1. The normalized spacial score (nSPS) is 21.5. The van der Waals surface area contributed by atoms with E-state index in [4.69, 9.17) is 9.47 Å². The van der Waals surface area contributed by atoms with Crippen LogP contribution in [0.1, 0.15) is 24.8 Å². The van der Waals surface area contributed by atoms with Crippen LogP contribution >= 0.6 is 0 Å². The van der Waals surface area contributed by atoms with Crippen LogP contribution in [0, 0.1) is 0 Å². The smallest absolute Gasteiger partial charge is 0.347 e. The summed E-state index contributed by atoms with van der Waals surface area (Å²) in [6.45, 7) is 6.29. The Labute approximate surface area is 183 Å². The van der Waals surface area contributed by atoms with Crippen LogP contribution < -0.4 is 9.47 Å². The first-order valence-corrected chi connectivity index (χ1v) is 11.0. The summed E-state index contributed by atoms with van der Waals surface area (Å²) in [5.74, 6) is 1.22. The summed E-state index contributed by atoms with van der Waals surface area (Å²) in [6.07, 6.45) is 2.35. The number of hydrogen-bond donors (Lipinski definition) is 0. The highest BCUT2D eigenvalue weighted by molar-refractivity contribution is 6.06. The number of nitrogens with zero attached hydrogens (tertiary/aromatic N) is 5. The molecule has 9 nitrogen and oxygen atoms in total. The Balaban J connectivity index is 1.33. The summed E-state index contributed by atoms with van der Waals surface area (Å²) in [6, 6.07) is 5.18. The molecule has 0 aliphatic carbocycles. The van der Waals surface area contributed by atoms with Gasteiger partial charge in [-0.25, -0.2) is 9.80 Å². The molecule has 0 saturated carbocycles. The molecule has 0 N–H and O–H groups in total. The number of imide groups is 1. The third-order valence-electron chi connectivity index (χ3n) is 6.08. The van der Waals surface area contributed by atoms with Gasteiger partial charge in [-0.1, -0.05) is 0 Å². The van der Waals surface area contributed by atoms with Crippen LogP contribution in [0.5, 0.6) is 11.5 Å². The predicted molar refractivity (Wildman–Crippen MR) is 117 cm³/mol. The van der Waals surface area contributed by atoms with E-state index < -0.39 is 0 Å². The van der Waals surface area contributed by atoms with E-state index in [2.05, 4.69) is 21.9 Å². The van der Waals surface area contributed by atoms with E-state index in [-0.39, 0.29) is 18.5 Å². The van der Waals surface area contributed by atoms with Gasteiger partial charge in [-0.3, -0.25) is 9.69 Å². The van der Waals surface area contributed by atoms with Gasteiger partial charge in [-0.15, -0.1) is 0 Å². The van der Waals surface area contributed by atoms with Crippen molar-refractivity contribution in [3.63, 3.8) is 0 Å². The van der Waals surface area contributed by atoms with Crippen molar-refractivity contribution in [1.29, 1.82) is 0 Å². The van der Waals surface area contributed by atoms with Gasteiger partial charge in [-0.05, 0) is 44.6 Å². The lowest BCUT2D eigenvalue weighted by Crippen LogP contribution is -2.44. The van der Waals surface area contributed by atoms with Crippen molar-refractivity contribution in [2.45, 2.75) is 19.3 Å². The molecule has 0 unspecified atom stereocenters. The third-order valence-corrected chi connectivity index (χ3v) is 6.08. The number of amides is 3. The van der Waals surface area contributed by atoms with E-state index in [1.165, 1.54) is 9.91 Å². The molecule has 3 heterocycles. The van der Waals surface area contributed by atoms with Crippen molar-refractivity contribution in [3.05, 3.63) is 23.8 Å². The molecule has 0 bridgehead atoms. The molecule has 3 aliphatic heterocycles. The van der Waals surface area contributed by atoms with Crippen molar-refractivity contribution in [2.24, 2.45) is 5.10 Å². The quantitative estimate of drug-likeness (QED) is 0.483. The number of ether oxygens (including phenoxy) is 2. The number of benzene rings is 1. The van der Waals surface area contributed by atoms with E-state index >= 15 is 0 Å². The summed E-state index contributed by atoms with van der Waals surface area (Å²) < 4.78 is 11.0. The number of fused-ring (bicyclic) bond motifs is 1. The minimum Gasteiger partial charge on any atom is -0.497 e. The number of hydrogen-bond acceptors (Lipinski definition) is 7. The molecular formula is C22H31N5O4. The second-order valence-corrected chi connectivity index (χ2v) is 8.24. The summed E-state index contributed by atoms with van der Waals surface area (Å²) in [7, 11) is 3.75. The molecule has 1 aromatic rings.